The molecule has 1 aliphatic heterocycles. The van der Waals surface area contributed by atoms with Crippen LogP contribution in [0.2, 0.25) is 0 Å². The molecule has 0 atom stereocenters. The Morgan fingerprint density at radius 1 is 1.06 bits per heavy atom. The molecule has 5 rings (SSSR count). The molecule has 10 heteroatoms. The summed E-state index contributed by atoms with van der Waals surface area (Å²) in [6, 6.07) is 9.51. The second-order valence-corrected chi connectivity index (χ2v) is 8.31. The van der Waals surface area contributed by atoms with Gasteiger partial charge in [0.2, 0.25) is 0 Å². The Hall–Kier alpha value is -4.78. The highest BCUT2D eigenvalue weighted by molar-refractivity contribution is 6.12. The predicted molar refractivity (Wildman–Crippen MR) is 132 cm³/mol. The van der Waals surface area contributed by atoms with Crippen molar-refractivity contribution in [1.82, 2.24) is 14.8 Å². The average molecular weight is 486 g/mol. The molecule has 2 aromatic heterocycles. The maximum atomic E-state index is 12.7. The molecule has 182 valence electrons. The van der Waals surface area contributed by atoms with Gasteiger partial charge in [0.05, 0.1) is 27.5 Å². The van der Waals surface area contributed by atoms with E-state index in [0.717, 1.165) is 16.5 Å². The van der Waals surface area contributed by atoms with Gasteiger partial charge < -0.3 is 23.8 Å². The fourth-order valence-electron chi connectivity index (χ4n) is 4.51. The largest absolute Gasteiger partial charge is 0.495 e. The minimum absolute atomic E-state index is 0.114. The molecule has 0 saturated carbocycles. The van der Waals surface area contributed by atoms with Crippen LogP contribution in [0.15, 0.2) is 36.7 Å². The summed E-state index contributed by atoms with van der Waals surface area (Å²) in [6.45, 7) is 0.114. The van der Waals surface area contributed by atoms with Crippen molar-refractivity contribution in [2.75, 3.05) is 40.3 Å². The van der Waals surface area contributed by atoms with Crippen molar-refractivity contribution >= 4 is 22.6 Å². The van der Waals surface area contributed by atoms with E-state index >= 15 is 0 Å². The number of benzene rings is 2. The molecule has 4 aromatic rings. The zero-order chi connectivity index (χ0) is 25.6. The molecule has 0 N–H and O–H groups in total. The number of hydrogen-bond donors (Lipinski definition) is 0. The third-order valence-electron chi connectivity index (χ3n) is 6.13. The number of hydrogen-bond acceptors (Lipinski definition) is 9. The van der Waals surface area contributed by atoms with Crippen LogP contribution in [0.3, 0.4) is 0 Å². The SMILES string of the molecule is COc1cc2c(OC)c3c(c(-c4ccc(-n5cc(C#N)c(N(C)C)n5)nc4)c2cc1OC)COC3=O. The number of carbonyl (C=O) groups is 1. The number of nitrogens with zero attached hydrogens (tertiary/aromatic N) is 5. The van der Waals surface area contributed by atoms with Gasteiger partial charge in [0.1, 0.15) is 29.6 Å². The van der Waals surface area contributed by atoms with Gasteiger partial charge in [-0.1, -0.05) is 0 Å². The van der Waals surface area contributed by atoms with Crippen molar-refractivity contribution in [3.8, 4) is 40.3 Å². The van der Waals surface area contributed by atoms with E-state index in [2.05, 4.69) is 16.2 Å². The summed E-state index contributed by atoms with van der Waals surface area (Å²) in [5.74, 6) is 2.13. The first-order valence-electron chi connectivity index (χ1n) is 11.0. The Balaban J connectivity index is 1.73. The third kappa shape index (κ3) is 3.44. The molecule has 1 aliphatic rings. The molecule has 0 fully saturated rings. The lowest BCUT2D eigenvalue weighted by molar-refractivity contribution is 0.0533. The van der Waals surface area contributed by atoms with Crippen molar-refractivity contribution in [2.24, 2.45) is 0 Å². The summed E-state index contributed by atoms with van der Waals surface area (Å²) in [5, 5.41) is 15.4. The lowest BCUT2D eigenvalue weighted by atomic mass is 9.90. The van der Waals surface area contributed by atoms with Crippen molar-refractivity contribution in [2.45, 2.75) is 6.61 Å². The van der Waals surface area contributed by atoms with E-state index in [1.54, 1.807) is 42.3 Å². The van der Waals surface area contributed by atoms with Gasteiger partial charge in [-0.2, -0.15) is 5.26 Å². The smallest absolute Gasteiger partial charge is 0.342 e. The molecule has 0 aliphatic carbocycles. The van der Waals surface area contributed by atoms with Crippen LogP contribution in [0.4, 0.5) is 5.82 Å². The fraction of sp³-hybridized carbons (Fsp3) is 0.231. The zero-order valence-corrected chi connectivity index (χ0v) is 20.4. The molecule has 0 unspecified atom stereocenters. The molecular formula is C26H23N5O5. The van der Waals surface area contributed by atoms with Gasteiger partial charge in [-0.05, 0) is 35.2 Å². The summed E-state index contributed by atoms with van der Waals surface area (Å²) in [4.78, 5) is 19.1. The standard InChI is InChI=1S/C26H23N5O5/c1-30(2)25-15(10-27)12-31(29-25)21-7-6-14(11-28-21)22-16-8-19(33-3)20(34-4)9-17(16)24(35-5)23-18(22)13-36-26(23)32/h6-9,11-12H,13H2,1-5H3. The third-order valence-corrected chi connectivity index (χ3v) is 6.13. The van der Waals surface area contributed by atoms with E-state index < -0.39 is 5.97 Å². The molecular weight excluding hydrogens is 462 g/mol. The minimum Gasteiger partial charge on any atom is -0.495 e. The second-order valence-electron chi connectivity index (χ2n) is 8.31. The summed E-state index contributed by atoms with van der Waals surface area (Å²) < 4.78 is 23.7. The van der Waals surface area contributed by atoms with E-state index in [0.29, 0.717) is 51.0 Å². The van der Waals surface area contributed by atoms with Gasteiger partial charge >= 0.3 is 5.97 Å². The van der Waals surface area contributed by atoms with E-state index in [1.165, 1.54) is 7.11 Å². The highest BCUT2D eigenvalue weighted by atomic mass is 16.5. The number of ether oxygens (including phenoxy) is 4. The lowest BCUT2D eigenvalue weighted by Crippen LogP contribution is -2.11. The first kappa shape index (κ1) is 23.0. The van der Waals surface area contributed by atoms with Crippen LogP contribution < -0.4 is 19.1 Å². The first-order valence-corrected chi connectivity index (χ1v) is 11.0. The van der Waals surface area contributed by atoms with E-state index in [9.17, 15) is 10.1 Å². The number of pyridine rings is 1. The van der Waals surface area contributed by atoms with Crippen LogP contribution in [0.1, 0.15) is 21.5 Å². The lowest BCUT2D eigenvalue weighted by Gasteiger charge is -2.18. The maximum absolute atomic E-state index is 12.7. The highest BCUT2D eigenvalue weighted by Gasteiger charge is 2.32. The monoisotopic (exact) mass is 485 g/mol. The number of esters is 1. The predicted octanol–water partition coefficient (Wildman–Crippen LogP) is 3.72. The number of methoxy groups -OCH3 is 3. The Morgan fingerprint density at radius 3 is 2.33 bits per heavy atom. The zero-order valence-electron chi connectivity index (χ0n) is 20.4. The minimum atomic E-state index is -0.443. The van der Waals surface area contributed by atoms with Gasteiger partial charge in [-0.25, -0.2) is 14.5 Å². The summed E-state index contributed by atoms with van der Waals surface area (Å²) in [6.07, 6.45) is 3.35. The summed E-state index contributed by atoms with van der Waals surface area (Å²) in [7, 11) is 8.29. The van der Waals surface area contributed by atoms with Gasteiger partial charge in [0.25, 0.3) is 0 Å². The van der Waals surface area contributed by atoms with Crippen molar-refractivity contribution in [1.29, 1.82) is 5.26 Å². The van der Waals surface area contributed by atoms with Crippen LogP contribution in [0.5, 0.6) is 17.2 Å². The van der Waals surface area contributed by atoms with Gasteiger partial charge in [-0.3, -0.25) is 0 Å². The molecule has 0 spiro atoms. The molecule has 0 saturated heterocycles. The molecule has 0 bridgehead atoms. The molecule has 0 amide bonds. The van der Waals surface area contributed by atoms with Crippen molar-refractivity contribution in [3.05, 3.63) is 53.3 Å². The van der Waals surface area contributed by atoms with Gasteiger partial charge in [0.15, 0.2) is 23.1 Å². The first-order chi connectivity index (χ1) is 17.4. The van der Waals surface area contributed by atoms with Crippen LogP contribution in [0, 0.1) is 11.3 Å². The molecule has 36 heavy (non-hydrogen) atoms. The van der Waals surface area contributed by atoms with Crippen LogP contribution in [-0.2, 0) is 11.3 Å². The molecule has 10 nitrogen and oxygen atoms in total. The highest BCUT2D eigenvalue weighted by Crippen LogP contribution is 2.47. The topological polar surface area (TPSA) is 112 Å². The van der Waals surface area contributed by atoms with Crippen LogP contribution in [-0.4, -0.2) is 56.2 Å². The Kier molecular flexibility index (Phi) is 5.60. The number of carbonyl (C=O) groups excluding carboxylic acids is 1. The normalized spacial score (nSPS) is 12.2. The Labute approximate surface area is 207 Å². The Morgan fingerprint density at radius 2 is 1.78 bits per heavy atom. The summed E-state index contributed by atoms with van der Waals surface area (Å²) in [5.41, 5.74) is 3.11. The fourth-order valence-corrected chi connectivity index (χ4v) is 4.51. The number of nitriles is 1. The Bertz CT molecular complexity index is 1550. The van der Waals surface area contributed by atoms with E-state index in [-0.39, 0.29) is 6.61 Å². The quantitative estimate of drug-likeness (QED) is 0.377. The molecule has 2 aromatic carbocycles. The van der Waals surface area contributed by atoms with Crippen molar-refractivity contribution in [3.63, 3.8) is 0 Å². The number of fused-ring (bicyclic) bond motifs is 2. The van der Waals surface area contributed by atoms with E-state index in [4.69, 9.17) is 18.9 Å². The van der Waals surface area contributed by atoms with Gasteiger partial charge in [0, 0.05) is 36.8 Å². The van der Waals surface area contributed by atoms with Gasteiger partial charge in [-0.15, -0.1) is 5.10 Å². The van der Waals surface area contributed by atoms with Crippen LogP contribution in [0.25, 0.3) is 27.7 Å². The number of aromatic nitrogens is 3. The number of rotatable bonds is 6. The average Bonchev–Trinajstić information content (AvgIpc) is 3.51. The number of anilines is 1. The molecule has 3 heterocycles. The maximum Gasteiger partial charge on any atom is 0.342 e. The number of cyclic esters (lactones) is 1. The molecule has 0 radical (unpaired) electrons. The second kappa shape index (κ2) is 8.78. The summed E-state index contributed by atoms with van der Waals surface area (Å²) >= 11 is 0. The van der Waals surface area contributed by atoms with E-state index in [1.807, 2.05) is 32.3 Å². The van der Waals surface area contributed by atoms with Crippen LogP contribution >= 0.6 is 0 Å². The van der Waals surface area contributed by atoms with Crippen molar-refractivity contribution < 1.29 is 23.7 Å².